The van der Waals surface area contributed by atoms with Gasteiger partial charge in [0.05, 0.1) is 12.2 Å². The number of carbonyl (C=O) groups is 2. The Labute approximate surface area is 259 Å². The summed E-state index contributed by atoms with van der Waals surface area (Å²) in [5.41, 5.74) is 0.710. The van der Waals surface area contributed by atoms with Crippen LogP contribution in [0.4, 0.5) is 48.3 Å². The molecule has 0 bridgehead atoms. The first-order valence-corrected chi connectivity index (χ1v) is 13.6. The van der Waals surface area contributed by atoms with Crippen LogP contribution < -0.4 is 0 Å². The molecule has 20 heteroatoms. The second kappa shape index (κ2) is 13.9. The van der Waals surface area contributed by atoms with E-state index in [1.165, 1.54) is 6.42 Å². The lowest BCUT2D eigenvalue weighted by molar-refractivity contribution is -0.474. The highest BCUT2D eigenvalue weighted by Gasteiger charge is 2.79. The summed E-state index contributed by atoms with van der Waals surface area (Å²) in [5.74, 6) is -17.3. The van der Waals surface area contributed by atoms with Gasteiger partial charge in [-0.1, -0.05) is 0 Å². The van der Waals surface area contributed by atoms with Crippen molar-refractivity contribution in [1.82, 2.24) is 4.90 Å². The number of carbonyl (C=O) groups excluding carboxylic acids is 1. The summed E-state index contributed by atoms with van der Waals surface area (Å²) in [6, 6.07) is 3.99. The Kier molecular flexibility index (Phi) is 13.0. The molecule has 1 N–H and O–H groups in total. The van der Waals surface area contributed by atoms with Gasteiger partial charge in [-0.25, -0.2) is 9.59 Å². The third-order valence-corrected chi connectivity index (χ3v) is 9.00. The van der Waals surface area contributed by atoms with Crippen molar-refractivity contribution < 1.29 is 72.5 Å². The van der Waals surface area contributed by atoms with Crippen LogP contribution in [0.25, 0.3) is 0 Å². The average molecular weight is 941 g/mol. The van der Waals surface area contributed by atoms with Crippen molar-refractivity contribution in [2.75, 3.05) is 26.7 Å². The summed E-state index contributed by atoms with van der Waals surface area (Å²) in [7, 11) is 2.12. The Bertz CT molecular complexity index is 1070. The molecule has 1 aliphatic rings. The lowest BCUT2D eigenvalue weighted by Gasteiger charge is -2.32. The topological polar surface area (TPSA) is 76.1 Å². The summed E-state index contributed by atoms with van der Waals surface area (Å²) in [5, 5.41) is 7.72. The molecule has 1 aliphatic heterocycles. The maximum Gasteiger partial charge on any atom is 0.462 e. The molecular weight excluding hydrogens is 924 g/mol. The molecule has 1 aromatic carbocycles. The maximum absolute atomic E-state index is 12.7. The molecular formula is C20H17F11I3NO5. The third-order valence-electron chi connectivity index (χ3n) is 5.05. The molecule has 40 heavy (non-hydrogen) atoms. The standard InChI is InChI=1S/C14H16I3NO2.C6HF11O3/c1-18-6-2-3-9(7-18)8-20-14(19)12-10(15)4-5-11(16)13(12)17;7-2(1(18)19,4(10,11)12)20-6(16,17)3(8,9)5(13,14)15/h4-5,9H,2-3,6-8H2,1H3;(H,18,19). The number of piperidine rings is 1. The average Bonchev–Trinajstić information content (AvgIpc) is 2.79. The number of benzene rings is 1. The van der Waals surface area contributed by atoms with E-state index in [1.807, 2.05) is 12.1 Å². The Morgan fingerprint density at radius 2 is 1.48 bits per heavy atom. The Hall–Kier alpha value is -0.500. The summed E-state index contributed by atoms with van der Waals surface area (Å²) in [4.78, 5) is 24.5. The molecule has 1 fully saturated rings. The second-order valence-corrected chi connectivity index (χ2v) is 11.6. The summed E-state index contributed by atoms with van der Waals surface area (Å²) in [6.07, 6.45) is -18.8. The van der Waals surface area contributed by atoms with E-state index in [2.05, 4.69) is 79.7 Å². The molecule has 230 valence electrons. The lowest BCUT2D eigenvalue weighted by atomic mass is 10.00. The molecule has 1 aromatic rings. The Balaban J connectivity index is 0.000000400. The predicted octanol–water partition coefficient (Wildman–Crippen LogP) is 7.11. The molecule has 2 unspecified atom stereocenters. The van der Waals surface area contributed by atoms with Crippen LogP contribution in [0.3, 0.4) is 0 Å². The van der Waals surface area contributed by atoms with Crippen LogP contribution in [0.15, 0.2) is 12.1 Å². The van der Waals surface area contributed by atoms with Crippen LogP contribution in [0.1, 0.15) is 23.2 Å². The monoisotopic (exact) mass is 941 g/mol. The molecule has 0 spiro atoms. The van der Waals surface area contributed by atoms with Crippen molar-refractivity contribution in [1.29, 1.82) is 0 Å². The molecule has 0 radical (unpaired) electrons. The minimum Gasteiger partial charge on any atom is -0.477 e. The number of alkyl halides is 11. The van der Waals surface area contributed by atoms with E-state index in [1.54, 1.807) is 4.74 Å². The number of halogens is 14. The number of hydrogen-bond donors (Lipinski definition) is 1. The molecule has 0 aromatic heterocycles. The Morgan fingerprint density at radius 1 is 0.950 bits per heavy atom. The van der Waals surface area contributed by atoms with Crippen molar-refractivity contribution >= 4 is 79.7 Å². The molecule has 2 atom stereocenters. The lowest BCUT2D eigenvalue weighted by Crippen LogP contribution is -2.61. The van der Waals surface area contributed by atoms with Crippen LogP contribution in [0.5, 0.6) is 0 Å². The van der Waals surface area contributed by atoms with Gasteiger partial charge in [-0.05, 0) is 106 Å². The van der Waals surface area contributed by atoms with E-state index in [4.69, 9.17) is 9.84 Å². The quantitative estimate of drug-likeness (QED) is 0.136. The molecule has 1 heterocycles. The minimum absolute atomic E-state index is 0.189. The van der Waals surface area contributed by atoms with Gasteiger partial charge in [-0.3, -0.25) is 4.74 Å². The molecule has 2 rings (SSSR count). The number of likely N-dealkylation sites (tertiary alicyclic amines) is 1. The van der Waals surface area contributed by atoms with Gasteiger partial charge < -0.3 is 14.7 Å². The van der Waals surface area contributed by atoms with Gasteiger partial charge in [0, 0.05) is 23.2 Å². The first-order chi connectivity index (χ1) is 17.9. The molecule has 0 aliphatic carbocycles. The van der Waals surface area contributed by atoms with Crippen LogP contribution in [-0.2, 0) is 14.3 Å². The van der Waals surface area contributed by atoms with Gasteiger partial charge in [0.15, 0.2) is 0 Å². The number of aliphatic carboxylic acids is 1. The summed E-state index contributed by atoms with van der Waals surface area (Å²) < 4.78 is 142. The van der Waals surface area contributed by atoms with E-state index in [0.717, 1.165) is 30.2 Å². The van der Waals surface area contributed by atoms with Gasteiger partial charge in [-0.15, -0.1) is 0 Å². The predicted molar refractivity (Wildman–Crippen MR) is 140 cm³/mol. The fourth-order valence-electron chi connectivity index (χ4n) is 3.02. The fraction of sp³-hybridized carbons (Fsp3) is 0.600. The van der Waals surface area contributed by atoms with Crippen LogP contribution in [0.2, 0.25) is 0 Å². The smallest absolute Gasteiger partial charge is 0.462 e. The Morgan fingerprint density at radius 3 is 1.93 bits per heavy atom. The van der Waals surface area contributed by atoms with E-state index < -0.39 is 36.2 Å². The van der Waals surface area contributed by atoms with Crippen molar-refractivity contribution in [3.63, 3.8) is 0 Å². The molecule has 0 amide bonds. The minimum atomic E-state index is -7.27. The summed E-state index contributed by atoms with van der Waals surface area (Å²) >= 11 is 6.67. The van der Waals surface area contributed by atoms with Gasteiger partial charge in [0.1, 0.15) is 0 Å². The number of carboxylic acid groups (broad SMARTS) is 1. The third kappa shape index (κ3) is 9.00. The molecule has 6 nitrogen and oxygen atoms in total. The van der Waals surface area contributed by atoms with E-state index in [-0.39, 0.29) is 5.97 Å². The second-order valence-electron chi connectivity index (χ2n) is 8.18. The highest BCUT2D eigenvalue weighted by molar-refractivity contribution is 14.1. The number of hydrogen-bond acceptors (Lipinski definition) is 5. The van der Waals surface area contributed by atoms with Gasteiger partial charge >= 0.3 is 42.2 Å². The molecule has 0 saturated carbocycles. The SMILES string of the molecule is CN1CCCC(COC(=O)c2c(I)ccc(I)c2I)C1.O=C(O)C(F)(OC(F)(F)C(F)(F)C(F)(F)F)C(F)(F)F. The molecule has 1 saturated heterocycles. The first-order valence-electron chi connectivity index (χ1n) is 10.4. The van der Waals surface area contributed by atoms with Crippen molar-refractivity contribution in [3.8, 4) is 0 Å². The van der Waals surface area contributed by atoms with Gasteiger partial charge in [0.2, 0.25) is 0 Å². The van der Waals surface area contributed by atoms with Gasteiger partial charge in [0.25, 0.3) is 0 Å². The number of esters is 1. The first kappa shape index (κ1) is 37.5. The number of carboxylic acids is 1. The highest BCUT2D eigenvalue weighted by atomic mass is 127. The van der Waals surface area contributed by atoms with Gasteiger partial charge in [-0.2, -0.15) is 48.3 Å². The van der Waals surface area contributed by atoms with Crippen molar-refractivity contribution in [2.45, 2.75) is 43.1 Å². The highest BCUT2D eigenvalue weighted by Crippen LogP contribution is 2.51. The summed E-state index contributed by atoms with van der Waals surface area (Å²) in [6.45, 7) is 2.70. The van der Waals surface area contributed by atoms with E-state index >= 15 is 0 Å². The zero-order valence-electron chi connectivity index (χ0n) is 19.6. The fourth-order valence-corrected chi connectivity index (χ4v) is 5.34. The number of ether oxygens (including phenoxy) is 2. The maximum atomic E-state index is 12.7. The van der Waals surface area contributed by atoms with E-state index in [9.17, 15) is 57.9 Å². The zero-order chi connectivity index (χ0) is 31.5. The van der Waals surface area contributed by atoms with Crippen LogP contribution in [0, 0.1) is 16.6 Å². The van der Waals surface area contributed by atoms with E-state index in [0.29, 0.717) is 18.1 Å². The van der Waals surface area contributed by atoms with Crippen LogP contribution in [-0.4, -0.2) is 78.9 Å². The number of rotatable bonds is 7. The normalized spacial score (nSPS) is 18.8. The largest absolute Gasteiger partial charge is 0.477 e. The van der Waals surface area contributed by atoms with Crippen molar-refractivity contribution in [3.05, 3.63) is 28.4 Å². The number of nitrogens with zero attached hydrogens (tertiary/aromatic N) is 1. The van der Waals surface area contributed by atoms with Crippen molar-refractivity contribution in [2.24, 2.45) is 5.92 Å². The zero-order valence-corrected chi connectivity index (χ0v) is 26.1. The van der Waals surface area contributed by atoms with Crippen LogP contribution >= 0.6 is 67.8 Å².